The fraction of sp³-hybridized carbons (Fsp3) is 0.579. The van der Waals surface area contributed by atoms with Crippen LogP contribution in [0.3, 0.4) is 0 Å². The molecule has 0 N–H and O–H groups in total. The molecule has 0 atom stereocenters. The van der Waals surface area contributed by atoms with Gasteiger partial charge in [-0.25, -0.2) is 4.39 Å². The molecule has 0 unspecified atom stereocenters. The minimum Gasteiger partial charge on any atom is -0.340 e. The third kappa shape index (κ3) is 5.53. The molecule has 1 saturated heterocycles. The summed E-state index contributed by atoms with van der Waals surface area (Å²) >= 11 is 0. The van der Waals surface area contributed by atoms with E-state index in [-0.39, 0.29) is 11.8 Å². The molecule has 0 aromatic heterocycles. The van der Waals surface area contributed by atoms with Crippen LogP contribution in [-0.4, -0.2) is 72.3 Å². The second kappa shape index (κ2) is 9.51. The van der Waals surface area contributed by atoms with Gasteiger partial charge >= 0.3 is 0 Å². The summed E-state index contributed by atoms with van der Waals surface area (Å²) in [4.78, 5) is 30.9. The molecule has 138 valence electrons. The van der Waals surface area contributed by atoms with E-state index in [1.807, 2.05) is 11.8 Å². The summed E-state index contributed by atoms with van der Waals surface area (Å²) in [5.74, 6) is -0.555. The van der Waals surface area contributed by atoms with Crippen molar-refractivity contribution in [3.8, 4) is 0 Å². The van der Waals surface area contributed by atoms with E-state index in [9.17, 15) is 14.0 Å². The van der Waals surface area contributed by atoms with Crippen LogP contribution in [0.25, 0.3) is 0 Å². The zero-order valence-corrected chi connectivity index (χ0v) is 15.2. The van der Waals surface area contributed by atoms with Gasteiger partial charge in [-0.1, -0.05) is 19.9 Å². The fourth-order valence-electron chi connectivity index (χ4n) is 3.09. The Balaban J connectivity index is 1.90. The molecule has 1 aromatic rings. The smallest absolute Gasteiger partial charge is 0.253 e. The first-order valence-corrected chi connectivity index (χ1v) is 9.10. The average Bonchev–Trinajstić information content (AvgIpc) is 2.64. The minimum absolute atomic E-state index is 0.0869. The van der Waals surface area contributed by atoms with Gasteiger partial charge in [0.25, 0.3) is 5.91 Å². The Morgan fingerprint density at radius 2 is 1.84 bits per heavy atom. The maximum atomic E-state index is 13.4. The molecule has 0 spiro atoms. The molecule has 6 heteroatoms. The predicted molar refractivity (Wildman–Crippen MR) is 95.9 cm³/mol. The quantitative estimate of drug-likeness (QED) is 0.758. The van der Waals surface area contributed by atoms with E-state index in [2.05, 4.69) is 11.8 Å². The highest BCUT2D eigenvalue weighted by Gasteiger charge is 2.22. The number of carbonyl (C=O) groups is 2. The van der Waals surface area contributed by atoms with Crippen LogP contribution in [0.2, 0.25) is 0 Å². The SMILES string of the molecule is CCCN(CCC(=O)N1CCN(CC)CC1)C(=O)c1cccc(F)c1. The lowest BCUT2D eigenvalue weighted by Crippen LogP contribution is -2.49. The third-order valence-electron chi connectivity index (χ3n) is 4.62. The number of nitrogens with zero attached hydrogens (tertiary/aromatic N) is 3. The molecule has 2 rings (SSSR count). The van der Waals surface area contributed by atoms with Gasteiger partial charge < -0.3 is 14.7 Å². The highest BCUT2D eigenvalue weighted by Crippen LogP contribution is 2.10. The Kier molecular flexibility index (Phi) is 7.37. The van der Waals surface area contributed by atoms with Gasteiger partial charge in [0.1, 0.15) is 5.82 Å². The van der Waals surface area contributed by atoms with E-state index in [0.29, 0.717) is 25.1 Å². The molecule has 25 heavy (non-hydrogen) atoms. The Labute approximate surface area is 149 Å². The first-order valence-electron chi connectivity index (χ1n) is 9.10. The molecule has 1 aromatic carbocycles. The lowest BCUT2D eigenvalue weighted by Gasteiger charge is -2.34. The second-order valence-electron chi connectivity index (χ2n) is 6.37. The van der Waals surface area contributed by atoms with Crippen LogP contribution >= 0.6 is 0 Å². The lowest BCUT2D eigenvalue weighted by molar-refractivity contribution is -0.133. The average molecular weight is 349 g/mol. The number of piperazine rings is 1. The van der Waals surface area contributed by atoms with Gasteiger partial charge in [-0.3, -0.25) is 9.59 Å². The zero-order chi connectivity index (χ0) is 18.2. The number of hydrogen-bond donors (Lipinski definition) is 0. The molecular weight excluding hydrogens is 321 g/mol. The molecule has 1 aliphatic heterocycles. The van der Waals surface area contributed by atoms with Crippen molar-refractivity contribution in [1.82, 2.24) is 14.7 Å². The number of benzene rings is 1. The molecule has 1 aliphatic rings. The van der Waals surface area contributed by atoms with Crippen molar-refractivity contribution in [2.45, 2.75) is 26.7 Å². The summed E-state index contributed by atoms with van der Waals surface area (Å²) in [7, 11) is 0. The number of rotatable bonds is 7. The van der Waals surface area contributed by atoms with Crippen molar-refractivity contribution in [2.24, 2.45) is 0 Å². The van der Waals surface area contributed by atoms with Gasteiger partial charge in [0.15, 0.2) is 0 Å². The number of likely N-dealkylation sites (N-methyl/N-ethyl adjacent to an activating group) is 1. The van der Waals surface area contributed by atoms with Crippen molar-refractivity contribution in [1.29, 1.82) is 0 Å². The van der Waals surface area contributed by atoms with E-state index >= 15 is 0 Å². The van der Waals surface area contributed by atoms with Gasteiger partial charge in [-0.15, -0.1) is 0 Å². The van der Waals surface area contributed by atoms with Crippen molar-refractivity contribution < 1.29 is 14.0 Å². The maximum absolute atomic E-state index is 13.4. The maximum Gasteiger partial charge on any atom is 0.253 e. The van der Waals surface area contributed by atoms with Crippen molar-refractivity contribution in [3.05, 3.63) is 35.6 Å². The van der Waals surface area contributed by atoms with Crippen molar-refractivity contribution in [3.63, 3.8) is 0 Å². The molecular formula is C19H28FN3O2. The minimum atomic E-state index is -0.424. The van der Waals surface area contributed by atoms with Crippen LogP contribution in [0.5, 0.6) is 0 Å². The van der Waals surface area contributed by atoms with Crippen LogP contribution in [-0.2, 0) is 4.79 Å². The van der Waals surface area contributed by atoms with Crippen LogP contribution < -0.4 is 0 Å². The fourth-order valence-corrected chi connectivity index (χ4v) is 3.09. The van der Waals surface area contributed by atoms with Crippen LogP contribution in [0.1, 0.15) is 37.0 Å². The van der Waals surface area contributed by atoms with Crippen LogP contribution in [0, 0.1) is 5.82 Å². The van der Waals surface area contributed by atoms with Gasteiger partial charge in [0.05, 0.1) is 0 Å². The predicted octanol–water partition coefficient (Wildman–Crippen LogP) is 2.23. The zero-order valence-electron chi connectivity index (χ0n) is 15.2. The summed E-state index contributed by atoms with van der Waals surface area (Å²) in [6.45, 7) is 9.36. The summed E-state index contributed by atoms with van der Waals surface area (Å²) in [6, 6.07) is 5.71. The number of carbonyl (C=O) groups excluding carboxylic acids is 2. The highest BCUT2D eigenvalue weighted by atomic mass is 19.1. The van der Waals surface area contributed by atoms with E-state index in [1.165, 1.54) is 18.2 Å². The van der Waals surface area contributed by atoms with E-state index in [4.69, 9.17) is 0 Å². The highest BCUT2D eigenvalue weighted by molar-refractivity contribution is 5.94. The van der Waals surface area contributed by atoms with Gasteiger partial charge in [-0.2, -0.15) is 0 Å². The normalized spacial score (nSPS) is 15.2. The van der Waals surface area contributed by atoms with E-state index < -0.39 is 5.82 Å². The van der Waals surface area contributed by atoms with E-state index in [0.717, 1.165) is 39.1 Å². The summed E-state index contributed by atoms with van der Waals surface area (Å²) in [5, 5.41) is 0. The molecule has 0 radical (unpaired) electrons. The Morgan fingerprint density at radius 3 is 2.44 bits per heavy atom. The molecule has 0 saturated carbocycles. The largest absolute Gasteiger partial charge is 0.340 e. The summed E-state index contributed by atoms with van der Waals surface area (Å²) in [6.07, 6.45) is 1.11. The van der Waals surface area contributed by atoms with Crippen molar-refractivity contribution >= 4 is 11.8 Å². The van der Waals surface area contributed by atoms with Crippen LogP contribution in [0.15, 0.2) is 24.3 Å². The molecule has 0 aliphatic carbocycles. The number of amides is 2. The lowest BCUT2D eigenvalue weighted by atomic mass is 10.1. The molecule has 5 nitrogen and oxygen atoms in total. The number of hydrogen-bond acceptors (Lipinski definition) is 3. The van der Waals surface area contributed by atoms with E-state index in [1.54, 1.807) is 11.0 Å². The standard InChI is InChI=1S/C19H28FN3O2/c1-3-9-23(19(25)16-6-5-7-17(20)15-16)10-8-18(24)22-13-11-21(4-2)12-14-22/h5-7,15H,3-4,8-14H2,1-2H3. The Morgan fingerprint density at radius 1 is 1.12 bits per heavy atom. The monoisotopic (exact) mass is 349 g/mol. The first-order chi connectivity index (χ1) is 12.0. The third-order valence-corrected chi connectivity index (χ3v) is 4.62. The summed E-state index contributed by atoms with van der Waals surface area (Å²) < 4.78 is 13.4. The van der Waals surface area contributed by atoms with Crippen LogP contribution in [0.4, 0.5) is 4.39 Å². The van der Waals surface area contributed by atoms with Gasteiger partial charge in [-0.05, 0) is 31.2 Å². The second-order valence-corrected chi connectivity index (χ2v) is 6.37. The molecule has 0 bridgehead atoms. The Bertz CT molecular complexity index is 586. The van der Waals surface area contributed by atoms with Crippen molar-refractivity contribution in [2.75, 3.05) is 45.8 Å². The molecule has 2 amide bonds. The van der Waals surface area contributed by atoms with Gasteiger partial charge in [0.2, 0.25) is 5.91 Å². The van der Waals surface area contributed by atoms with Gasteiger partial charge in [0, 0.05) is 51.3 Å². The summed E-state index contributed by atoms with van der Waals surface area (Å²) in [5.41, 5.74) is 0.331. The molecule has 1 heterocycles. The Hall–Kier alpha value is -1.95. The topological polar surface area (TPSA) is 43.9 Å². The molecule has 1 fully saturated rings. The first kappa shape index (κ1) is 19.4. The number of halogens is 1.